The van der Waals surface area contributed by atoms with Gasteiger partial charge in [0.25, 0.3) is 11.8 Å². The molecule has 0 unspecified atom stereocenters. The van der Waals surface area contributed by atoms with Crippen LogP contribution in [0, 0.1) is 0 Å². The van der Waals surface area contributed by atoms with E-state index < -0.39 is 11.1 Å². The molecule has 2 aliphatic heterocycles. The minimum atomic E-state index is -0.776. The number of aryl methyl sites for hydroxylation is 2. The number of aliphatic hydroxyl groups is 2. The van der Waals surface area contributed by atoms with Crippen molar-refractivity contribution in [2.75, 3.05) is 14.2 Å². The standard InChI is InChI=1S/C15H18ClNO3.C14H15BrClNO2.CH3O.CH4.Na/c1-5-8-6-9(16)7-10(20-4)11(8)12-13(18)15(2,3)17-14(12)19;1-4-7-5-8(16)6-9(15)10(7)11-12(18)14(2,3)17-13(11)19;1-2;;/h6-7,18H,5H2,1-4H3,(H,17,19);5-6,18H,4H2,1-3H3,(H,17,19);1H3;1H4;/q;;-1;;+1. The third-order valence-corrected chi connectivity index (χ3v) is 7.79. The average molecular weight is 710 g/mol. The number of amides is 2. The Labute approximate surface area is 295 Å². The molecule has 0 spiro atoms. The van der Waals surface area contributed by atoms with E-state index >= 15 is 0 Å². The molecule has 0 aromatic heterocycles. The van der Waals surface area contributed by atoms with Gasteiger partial charge < -0.3 is 30.7 Å². The number of rotatable bonds is 5. The molecule has 0 saturated heterocycles. The van der Waals surface area contributed by atoms with Crippen molar-refractivity contribution in [3.63, 3.8) is 0 Å². The molecule has 8 nitrogen and oxygen atoms in total. The number of hydrogen-bond donors (Lipinski definition) is 4. The molecule has 232 valence electrons. The number of carbonyl (C=O) groups is 2. The van der Waals surface area contributed by atoms with Crippen LogP contribution in [0.3, 0.4) is 0 Å². The third kappa shape index (κ3) is 8.72. The van der Waals surface area contributed by atoms with Gasteiger partial charge in [-0.25, -0.2) is 0 Å². The normalized spacial score (nSPS) is 16.1. The van der Waals surface area contributed by atoms with E-state index in [4.69, 9.17) is 33.0 Å². The molecule has 2 amide bonds. The van der Waals surface area contributed by atoms with Crippen molar-refractivity contribution in [3.8, 4) is 5.75 Å². The Kier molecular flexibility index (Phi) is 15.9. The van der Waals surface area contributed by atoms with Crippen LogP contribution in [0.4, 0.5) is 0 Å². The smallest absolute Gasteiger partial charge is 0.857 e. The summed E-state index contributed by atoms with van der Waals surface area (Å²) in [6.45, 7) is 11.0. The van der Waals surface area contributed by atoms with E-state index in [-0.39, 0.29) is 65.9 Å². The van der Waals surface area contributed by atoms with E-state index in [1.165, 1.54) is 7.11 Å². The van der Waals surface area contributed by atoms with Gasteiger partial charge in [0.15, 0.2) is 0 Å². The fourth-order valence-electron chi connectivity index (χ4n) is 4.66. The van der Waals surface area contributed by atoms with E-state index in [0.717, 1.165) is 24.7 Å². The maximum Gasteiger partial charge on any atom is 1.00 e. The van der Waals surface area contributed by atoms with Crippen LogP contribution in [-0.4, -0.2) is 47.3 Å². The molecule has 2 aliphatic rings. The van der Waals surface area contributed by atoms with E-state index in [1.807, 2.05) is 19.9 Å². The van der Waals surface area contributed by atoms with E-state index in [2.05, 4.69) is 26.6 Å². The number of benzene rings is 2. The van der Waals surface area contributed by atoms with Gasteiger partial charge in [-0.3, -0.25) is 9.59 Å². The van der Waals surface area contributed by atoms with Crippen LogP contribution in [0.1, 0.15) is 71.2 Å². The molecule has 0 radical (unpaired) electrons. The van der Waals surface area contributed by atoms with Crippen LogP contribution < -0.4 is 50.0 Å². The molecular weight excluding hydrogens is 670 g/mol. The molecule has 43 heavy (non-hydrogen) atoms. The van der Waals surface area contributed by atoms with Crippen LogP contribution in [0.15, 0.2) is 40.3 Å². The summed E-state index contributed by atoms with van der Waals surface area (Å²) in [6, 6.07) is 6.99. The van der Waals surface area contributed by atoms with Gasteiger partial charge in [0.05, 0.1) is 29.3 Å². The van der Waals surface area contributed by atoms with Crippen molar-refractivity contribution in [2.24, 2.45) is 0 Å². The van der Waals surface area contributed by atoms with Crippen LogP contribution >= 0.6 is 39.1 Å². The van der Waals surface area contributed by atoms with Crippen LogP contribution in [-0.2, 0) is 22.4 Å². The van der Waals surface area contributed by atoms with Gasteiger partial charge in [0.1, 0.15) is 17.3 Å². The number of carbonyl (C=O) groups excluding carboxylic acids is 2. The van der Waals surface area contributed by atoms with Gasteiger partial charge in [-0.2, -0.15) is 7.11 Å². The molecule has 0 bridgehead atoms. The molecule has 4 N–H and O–H groups in total. The maximum atomic E-state index is 12.2. The zero-order chi connectivity index (χ0) is 31.4. The molecule has 0 aliphatic carbocycles. The topological polar surface area (TPSA) is 131 Å². The van der Waals surface area contributed by atoms with Gasteiger partial charge in [0, 0.05) is 25.6 Å². The maximum absolute atomic E-state index is 12.2. The average Bonchev–Trinajstić information content (AvgIpc) is 3.23. The Morgan fingerprint density at radius 2 is 1.19 bits per heavy atom. The van der Waals surface area contributed by atoms with Gasteiger partial charge in [-0.1, -0.05) is 60.4 Å². The molecule has 4 rings (SSSR count). The molecule has 0 saturated carbocycles. The quantitative estimate of drug-likeness (QED) is 0.352. The fourth-order valence-corrected chi connectivity index (χ4v) is 5.96. The molecule has 2 aromatic carbocycles. The second kappa shape index (κ2) is 16.5. The molecular formula is C31H40BrCl2N2NaO6. The Morgan fingerprint density at radius 1 is 0.814 bits per heavy atom. The summed E-state index contributed by atoms with van der Waals surface area (Å²) in [5, 5.41) is 35.6. The SMILES string of the molecule is C.CCc1cc(Cl)cc(Br)c1C1=C(O)C(C)(C)NC1=O.CCc1cc(Cl)cc(OC)c1C1=C(O)C(C)(C)NC1=O.C[O-].[Na+]. The molecule has 0 atom stereocenters. The summed E-state index contributed by atoms with van der Waals surface area (Å²) >= 11 is 15.5. The monoisotopic (exact) mass is 708 g/mol. The van der Waals surface area contributed by atoms with Gasteiger partial charge >= 0.3 is 29.6 Å². The predicted molar refractivity (Wildman–Crippen MR) is 172 cm³/mol. The summed E-state index contributed by atoms with van der Waals surface area (Å²) in [7, 11) is 2.27. The second-order valence-corrected chi connectivity index (χ2v) is 12.1. The first kappa shape index (κ1) is 41.3. The minimum Gasteiger partial charge on any atom is -0.857 e. The zero-order valence-corrected chi connectivity index (χ0v) is 30.5. The van der Waals surface area contributed by atoms with Gasteiger partial charge in [0.2, 0.25) is 0 Å². The van der Waals surface area contributed by atoms with E-state index in [0.29, 0.717) is 43.4 Å². The van der Waals surface area contributed by atoms with Crippen molar-refractivity contribution < 1.29 is 59.2 Å². The van der Waals surface area contributed by atoms with Crippen molar-refractivity contribution >= 4 is 62.1 Å². The number of aliphatic hydroxyl groups excluding tert-OH is 2. The number of ether oxygens (including phenoxy) is 1. The minimum absolute atomic E-state index is 0. The first-order valence-electron chi connectivity index (χ1n) is 12.9. The summed E-state index contributed by atoms with van der Waals surface area (Å²) in [4.78, 5) is 24.3. The summed E-state index contributed by atoms with van der Waals surface area (Å²) in [5.41, 5.74) is 2.19. The van der Waals surface area contributed by atoms with Crippen molar-refractivity contribution in [3.05, 3.63) is 72.6 Å². The summed E-state index contributed by atoms with van der Waals surface area (Å²) < 4.78 is 6.05. The first-order chi connectivity index (χ1) is 19.1. The summed E-state index contributed by atoms with van der Waals surface area (Å²) in [5.74, 6) is 0.0137. The Bertz CT molecular complexity index is 1400. The van der Waals surface area contributed by atoms with Crippen LogP contribution in [0.25, 0.3) is 11.1 Å². The van der Waals surface area contributed by atoms with Crippen LogP contribution in [0.2, 0.25) is 10.0 Å². The van der Waals surface area contributed by atoms with Gasteiger partial charge in [-0.15, -0.1) is 0 Å². The Morgan fingerprint density at radius 3 is 1.53 bits per heavy atom. The van der Waals surface area contributed by atoms with Gasteiger partial charge in [-0.05, 0) is 75.9 Å². The van der Waals surface area contributed by atoms with Crippen molar-refractivity contribution in [1.29, 1.82) is 0 Å². The predicted octanol–water partition coefficient (Wildman–Crippen LogP) is 3.55. The van der Waals surface area contributed by atoms with E-state index in [9.17, 15) is 19.8 Å². The largest absolute Gasteiger partial charge is 1.00 e. The number of halogens is 3. The Hall–Kier alpha value is -1.72. The second-order valence-electron chi connectivity index (χ2n) is 10.4. The number of nitrogens with one attached hydrogen (secondary N) is 2. The summed E-state index contributed by atoms with van der Waals surface area (Å²) in [6.07, 6.45) is 1.40. The zero-order valence-electron chi connectivity index (χ0n) is 25.4. The molecule has 0 fully saturated rings. The molecule has 2 aromatic rings. The third-order valence-electron chi connectivity index (χ3n) is 6.73. The number of methoxy groups -OCH3 is 1. The molecule has 2 heterocycles. The molecule has 12 heteroatoms. The Balaban J connectivity index is 0.000000744. The fraction of sp³-hybridized carbons (Fsp3) is 0.419. The van der Waals surface area contributed by atoms with E-state index in [1.54, 1.807) is 45.9 Å². The number of hydrogen-bond acceptors (Lipinski definition) is 6. The van der Waals surface area contributed by atoms with Crippen molar-refractivity contribution in [2.45, 2.75) is 72.9 Å². The van der Waals surface area contributed by atoms with Crippen LogP contribution in [0.5, 0.6) is 5.75 Å². The first-order valence-corrected chi connectivity index (χ1v) is 14.4. The van der Waals surface area contributed by atoms with Crippen molar-refractivity contribution in [1.82, 2.24) is 10.6 Å².